The highest BCUT2D eigenvalue weighted by molar-refractivity contribution is 5.83. The Balaban J connectivity index is 2.66. The first-order valence-electron chi connectivity index (χ1n) is 6.71. The molecule has 0 unspecified atom stereocenters. The van der Waals surface area contributed by atoms with Gasteiger partial charge in [0.15, 0.2) is 5.78 Å². The van der Waals surface area contributed by atoms with Crippen LogP contribution in [0.25, 0.3) is 0 Å². The van der Waals surface area contributed by atoms with E-state index in [1.165, 1.54) is 6.33 Å². The molecular formula is C13H23N3O3. The number of nitrogens with zero attached hydrogens (tertiary/aromatic N) is 3. The van der Waals surface area contributed by atoms with E-state index in [0.717, 1.165) is 6.54 Å². The lowest BCUT2D eigenvalue weighted by Crippen LogP contribution is -2.30. The number of hydrogen-bond acceptors (Lipinski definition) is 5. The second-order valence-electron chi connectivity index (χ2n) is 4.64. The third-order valence-electron chi connectivity index (χ3n) is 2.47. The molecule has 0 radical (unpaired) electrons. The standard InChI is InChI=1S/C13H23N3O3/c1-5-18-13(19-6-2)11(17)7-12-14-9-15-16(12)8-10(3)4/h9-10,13H,5-8H2,1-4H3. The van der Waals surface area contributed by atoms with Crippen LogP contribution in [0.5, 0.6) is 0 Å². The van der Waals surface area contributed by atoms with E-state index in [2.05, 4.69) is 23.9 Å². The van der Waals surface area contributed by atoms with E-state index in [4.69, 9.17) is 9.47 Å². The first-order valence-corrected chi connectivity index (χ1v) is 6.71. The zero-order valence-electron chi connectivity index (χ0n) is 12.1. The zero-order valence-corrected chi connectivity index (χ0v) is 12.1. The molecule has 1 heterocycles. The number of ketones is 1. The van der Waals surface area contributed by atoms with E-state index in [0.29, 0.717) is 25.0 Å². The summed E-state index contributed by atoms with van der Waals surface area (Å²) in [5.41, 5.74) is 0. The predicted molar refractivity (Wildman–Crippen MR) is 70.6 cm³/mol. The normalized spacial score (nSPS) is 11.5. The van der Waals surface area contributed by atoms with Gasteiger partial charge in [-0.1, -0.05) is 13.8 Å². The van der Waals surface area contributed by atoms with Crippen LogP contribution in [0, 0.1) is 5.92 Å². The quantitative estimate of drug-likeness (QED) is 0.635. The Kier molecular flexibility index (Phi) is 6.66. The molecule has 0 N–H and O–H groups in total. The highest BCUT2D eigenvalue weighted by Crippen LogP contribution is 2.06. The molecular weight excluding hydrogens is 246 g/mol. The van der Waals surface area contributed by atoms with E-state index >= 15 is 0 Å². The molecule has 19 heavy (non-hydrogen) atoms. The fraction of sp³-hybridized carbons (Fsp3) is 0.769. The van der Waals surface area contributed by atoms with E-state index in [9.17, 15) is 4.79 Å². The lowest BCUT2D eigenvalue weighted by Gasteiger charge is -2.15. The summed E-state index contributed by atoms with van der Waals surface area (Å²) < 4.78 is 12.3. The van der Waals surface area contributed by atoms with E-state index in [1.807, 2.05) is 13.8 Å². The van der Waals surface area contributed by atoms with Crippen LogP contribution in [0.15, 0.2) is 6.33 Å². The Labute approximate surface area is 114 Å². The SMILES string of the molecule is CCOC(OCC)C(=O)Cc1ncnn1CC(C)C. The van der Waals surface area contributed by atoms with Gasteiger partial charge in [-0.05, 0) is 19.8 Å². The van der Waals surface area contributed by atoms with Crippen LogP contribution < -0.4 is 0 Å². The first kappa shape index (κ1) is 15.8. The summed E-state index contributed by atoms with van der Waals surface area (Å²) in [5.74, 6) is 0.981. The van der Waals surface area contributed by atoms with Crippen LogP contribution in [0.4, 0.5) is 0 Å². The van der Waals surface area contributed by atoms with Gasteiger partial charge in [0, 0.05) is 19.8 Å². The average molecular weight is 269 g/mol. The van der Waals surface area contributed by atoms with Crippen molar-refractivity contribution >= 4 is 5.78 Å². The highest BCUT2D eigenvalue weighted by atomic mass is 16.7. The molecule has 0 saturated carbocycles. The number of carbonyl (C=O) groups is 1. The Morgan fingerprint density at radius 2 is 1.95 bits per heavy atom. The highest BCUT2D eigenvalue weighted by Gasteiger charge is 2.21. The van der Waals surface area contributed by atoms with Gasteiger partial charge in [0.2, 0.25) is 6.29 Å². The van der Waals surface area contributed by atoms with Gasteiger partial charge in [-0.3, -0.25) is 4.79 Å². The summed E-state index contributed by atoms with van der Waals surface area (Å²) >= 11 is 0. The molecule has 0 bridgehead atoms. The molecule has 0 aliphatic rings. The molecule has 0 aromatic carbocycles. The molecule has 0 saturated heterocycles. The van der Waals surface area contributed by atoms with Crippen LogP contribution in [0.3, 0.4) is 0 Å². The van der Waals surface area contributed by atoms with Gasteiger partial charge in [-0.2, -0.15) is 5.10 Å². The molecule has 108 valence electrons. The zero-order chi connectivity index (χ0) is 14.3. The van der Waals surface area contributed by atoms with E-state index < -0.39 is 6.29 Å². The van der Waals surface area contributed by atoms with Crippen molar-refractivity contribution in [1.82, 2.24) is 14.8 Å². The molecule has 0 spiro atoms. The van der Waals surface area contributed by atoms with Gasteiger partial charge in [0.1, 0.15) is 12.2 Å². The van der Waals surface area contributed by atoms with Crippen molar-refractivity contribution in [3.05, 3.63) is 12.2 Å². The minimum absolute atomic E-state index is 0.123. The van der Waals surface area contributed by atoms with Gasteiger partial charge < -0.3 is 9.47 Å². The third-order valence-corrected chi connectivity index (χ3v) is 2.47. The molecule has 1 aromatic heterocycles. The third kappa shape index (κ3) is 5.08. The first-order chi connectivity index (χ1) is 9.08. The number of carbonyl (C=O) groups excluding carboxylic acids is 1. The Morgan fingerprint density at radius 1 is 1.32 bits per heavy atom. The summed E-state index contributed by atoms with van der Waals surface area (Å²) in [6.45, 7) is 9.48. The molecule has 6 nitrogen and oxygen atoms in total. The van der Waals surface area contributed by atoms with Crippen LogP contribution >= 0.6 is 0 Å². The lowest BCUT2D eigenvalue weighted by molar-refractivity contribution is -0.167. The Bertz CT molecular complexity index is 384. The van der Waals surface area contributed by atoms with Crippen LogP contribution in [-0.4, -0.2) is 40.1 Å². The topological polar surface area (TPSA) is 66.2 Å². The van der Waals surface area contributed by atoms with Crippen molar-refractivity contribution < 1.29 is 14.3 Å². The number of ether oxygens (including phenoxy) is 2. The predicted octanol–water partition coefficient (Wildman–Crippen LogP) is 1.44. The molecule has 1 rings (SSSR count). The summed E-state index contributed by atoms with van der Waals surface area (Å²) in [5, 5.41) is 4.13. The monoisotopic (exact) mass is 269 g/mol. The van der Waals surface area contributed by atoms with E-state index in [1.54, 1.807) is 4.68 Å². The molecule has 1 aromatic rings. The van der Waals surface area contributed by atoms with Crippen LogP contribution in [0.1, 0.15) is 33.5 Å². The lowest BCUT2D eigenvalue weighted by atomic mass is 10.2. The largest absolute Gasteiger partial charge is 0.346 e. The van der Waals surface area contributed by atoms with E-state index in [-0.39, 0.29) is 12.2 Å². The number of aromatic nitrogens is 3. The van der Waals surface area contributed by atoms with Crippen molar-refractivity contribution in [3.8, 4) is 0 Å². The minimum atomic E-state index is -0.806. The van der Waals surface area contributed by atoms with Crippen molar-refractivity contribution in [2.75, 3.05) is 13.2 Å². The summed E-state index contributed by atoms with van der Waals surface area (Å²) in [7, 11) is 0. The summed E-state index contributed by atoms with van der Waals surface area (Å²) in [4.78, 5) is 16.2. The van der Waals surface area contributed by atoms with Crippen LogP contribution in [-0.2, 0) is 27.2 Å². The van der Waals surface area contributed by atoms with Gasteiger partial charge in [0.05, 0.1) is 6.42 Å². The number of rotatable bonds is 9. The fourth-order valence-corrected chi connectivity index (χ4v) is 1.70. The van der Waals surface area contributed by atoms with Crippen molar-refractivity contribution in [2.24, 2.45) is 5.92 Å². The second-order valence-corrected chi connectivity index (χ2v) is 4.64. The smallest absolute Gasteiger partial charge is 0.218 e. The molecule has 0 amide bonds. The van der Waals surface area contributed by atoms with Crippen molar-refractivity contribution in [1.29, 1.82) is 0 Å². The van der Waals surface area contributed by atoms with Crippen molar-refractivity contribution in [3.63, 3.8) is 0 Å². The molecule has 0 atom stereocenters. The summed E-state index contributed by atoms with van der Waals surface area (Å²) in [6, 6.07) is 0. The maximum atomic E-state index is 12.1. The van der Waals surface area contributed by atoms with Gasteiger partial charge in [-0.15, -0.1) is 0 Å². The van der Waals surface area contributed by atoms with Gasteiger partial charge >= 0.3 is 0 Å². The second kappa shape index (κ2) is 8.01. The molecule has 0 aliphatic carbocycles. The van der Waals surface area contributed by atoms with Crippen molar-refractivity contribution in [2.45, 2.75) is 47.0 Å². The van der Waals surface area contributed by atoms with Gasteiger partial charge in [0.25, 0.3) is 0 Å². The maximum Gasteiger partial charge on any atom is 0.218 e. The van der Waals surface area contributed by atoms with Crippen LogP contribution in [0.2, 0.25) is 0 Å². The maximum absolute atomic E-state index is 12.1. The molecule has 6 heteroatoms. The summed E-state index contributed by atoms with van der Waals surface area (Å²) in [6.07, 6.45) is 0.845. The Hall–Kier alpha value is -1.27. The minimum Gasteiger partial charge on any atom is -0.346 e. The molecule has 0 fully saturated rings. The Morgan fingerprint density at radius 3 is 2.47 bits per heavy atom. The average Bonchev–Trinajstić information content (AvgIpc) is 2.75. The fourth-order valence-electron chi connectivity index (χ4n) is 1.70. The number of hydrogen-bond donors (Lipinski definition) is 0. The van der Waals surface area contributed by atoms with Gasteiger partial charge in [-0.25, -0.2) is 9.67 Å². The number of Topliss-reactive ketones (excluding diaryl/α,β-unsaturated/α-hetero) is 1. The molecule has 0 aliphatic heterocycles.